The predicted octanol–water partition coefficient (Wildman–Crippen LogP) is 13.0. The fourth-order valence-corrected chi connectivity index (χ4v) is 5.53. The van der Waals surface area contributed by atoms with Crippen molar-refractivity contribution in [2.24, 2.45) is 0 Å². The zero-order valence-corrected chi connectivity index (χ0v) is 25.6. The van der Waals surface area contributed by atoms with Gasteiger partial charge in [-0.15, -0.1) is 0 Å². The normalized spacial score (nSPS) is 11.4. The van der Waals surface area contributed by atoms with E-state index in [0.717, 1.165) is 38.5 Å². The van der Waals surface area contributed by atoms with E-state index in [1.807, 2.05) is 0 Å². The van der Waals surface area contributed by atoms with Crippen molar-refractivity contribution in [3.05, 3.63) is 0 Å². The Labute approximate surface area is 233 Å². The number of hydrogen-bond donors (Lipinski definition) is 0. The maximum Gasteiger partial charge on any atom is 0.132 e. The van der Waals surface area contributed by atoms with Gasteiger partial charge in [0.1, 0.15) is 5.78 Å². The molecule has 0 radical (unpaired) electrons. The van der Waals surface area contributed by atoms with Crippen molar-refractivity contribution in [3.63, 3.8) is 0 Å². The SMILES string of the molecule is CCCCCCCCCCCCCCCCCC(=O)CCCCCCCCCCCCCCCCCF. The topological polar surface area (TPSA) is 17.1 Å². The first kappa shape index (κ1) is 36.6. The Hall–Kier alpha value is -0.400. The summed E-state index contributed by atoms with van der Waals surface area (Å²) >= 11 is 0. The lowest BCUT2D eigenvalue weighted by Gasteiger charge is -2.04. The summed E-state index contributed by atoms with van der Waals surface area (Å²) in [5.74, 6) is 0.511. The van der Waals surface area contributed by atoms with E-state index in [0.29, 0.717) is 5.78 Å². The summed E-state index contributed by atoms with van der Waals surface area (Å²) in [5.41, 5.74) is 0. The summed E-state index contributed by atoms with van der Waals surface area (Å²) in [5, 5.41) is 0. The van der Waals surface area contributed by atoms with Crippen molar-refractivity contribution >= 4 is 5.78 Å². The number of halogens is 1. The Morgan fingerprint density at radius 3 is 0.811 bits per heavy atom. The standard InChI is InChI=1S/C35H69FO/c1-2-3-4-5-6-7-8-9-11-14-17-20-23-26-29-32-35(37)33-30-27-24-21-18-15-12-10-13-16-19-22-25-28-31-34-36/h2-34H2,1H3. The molecule has 0 saturated heterocycles. The number of Topliss-reactive ketones (excluding diaryl/α,β-unsaturated/α-hetero) is 1. The maximum atomic E-state index is 12.1. The second kappa shape index (κ2) is 33.6. The van der Waals surface area contributed by atoms with E-state index in [2.05, 4.69) is 6.92 Å². The van der Waals surface area contributed by atoms with Crippen molar-refractivity contribution < 1.29 is 9.18 Å². The molecule has 0 spiro atoms. The number of ketones is 1. The van der Waals surface area contributed by atoms with Crippen molar-refractivity contribution in [3.8, 4) is 0 Å². The van der Waals surface area contributed by atoms with Gasteiger partial charge in [-0.2, -0.15) is 0 Å². The largest absolute Gasteiger partial charge is 0.300 e. The molecule has 0 aliphatic carbocycles. The molecule has 0 saturated carbocycles. The molecular weight excluding hydrogens is 455 g/mol. The first-order chi connectivity index (χ1) is 18.3. The van der Waals surface area contributed by atoms with E-state index < -0.39 is 0 Å². The molecule has 0 amide bonds. The smallest absolute Gasteiger partial charge is 0.132 e. The molecule has 0 fully saturated rings. The number of carbonyl (C=O) groups excluding carboxylic acids is 1. The molecule has 0 aromatic carbocycles. The third-order valence-electron chi connectivity index (χ3n) is 8.15. The van der Waals surface area contributed by atoms with Crippen molar-refractivity contribution in [1.29, 1.82) is 0 Å². The maximum absolute atomic E-state index is 12.1. The van der Waals surface area contributed by atoms with Crippen LogP contribution in [-0.2, 0) is 4.79 Å². The van der Waals surface area contributed by atoms with Gasteiger partial charge in [-0.25, -0.2) is 0 Å². The van der Waals surface area contributed by atoms with Gasteiger partial charge in [0, 0.05) is 12.8 Å². The fourth-order valence-electron chi connectivity index (χ4n) is 5.53. The molecule has 0 heterocycles. The minimum absolute atomic E-state index is 0.141. The van der Waals surface area contributed by atoms with Crippen LogP contribution in [0.25, 0.3) is 0 Å². The van der Waals surface area contributed by atoms with Gasteiger partial charge in [0.25, 0.3) is 0 Å². The van der Waals surface area contributed by atoms with E-state index in [9.17, 15) is 9.18 Å². The minimum atomic E-state index is -0.141. The second-order valence-electron chi connectivity index (χ2n) is 12.0. The van der Waals surface area contributed by atoms with Gasteiger partial charge < -0.3 is 0 Å². The van der Waals surface area contributed by atoms with Crippen LogP contribution in [0.5, 0.6) is 0 Å². The fraction of sp³-hybridized carbons (Fsp3) is 0.971. The van der Waals surface area contributed by atoms with E-state index >= 15 is 0 Å². The van der Waals surface area contributed by atoms with Gasteiger partial charge >= 0.3 is 0 Å². The minimum Gasteiger partial charge on any atom is -0.300 e. The van der Waals surface area contributed by atoms with E-state index in [4.69, 9.17) is 0 Å². The highest BCUT2D eigenvalue weighted by Crippen LogP contribution is 2.16. The summed E-state index contributed by atoms with van der Waals surface area (Å²) in [6.07, 6.45) is 41.4. The summed E-state index contributed by atoms with van der Waals surface area (Å²) < 4.78 is 12.0. The number of hydrogen-bond acceptors (Lipinski definition) is 1. The molecule has 0 bridgehead atoms. The van der Waals surface area contributed by atoms with Gasteiger partial charge in [0.2, 0.25) is 0 Å². The van der Waals surface area contributed by atoms with Gasteiger partial charge in [0.05, 0.1) is 6.67 Å². The molecule has 0 aromatic heterocycles. The lowest BCUT2D eigenvalue weighted by atomic mass is 10.0. The van der Waals surface area contributed by atoms with Crippen LogP contribution >= 0.6 is 0 Å². The molecule has 37 heavy (non-hydrogen) atoms. The Morgan fingerprint density at radius 1 is 0.351 bits per heavy atom. The molecule has 0 N–H and O–H groups in total. The third-order valence-corrected chi connectivity index (χ3v) is 8.15. The van der Waals surface area contributed by atoms with Crippen molar-refractivity contribution in [2.75, 3.05) is 6.67 Å². The van der Waals surface area contributed by atoms with Crippen LogP contribution in [0.4, 0.5) is 4.39 Å². The Balaban J connectivity index is 3.14. The molecule has 1 nitrogen and oxygen atoms in total. The summed E-state index contributed by atoms with van der Waals surface area (Å²) in [6.45, 7) is 2.15. The number of unbranched alkanes of at least 4 members (excludes halogenated alkanes) is 28. The highest BCUT2D eigenvalue weighted by Gasteiger charge is 2.02. The van der Waals surface area contributed by atoms with Crippen LogP contribution in [0, 0.1) is 0 Å². The molecule has 0 unspecified atom stereocenters. The predicted molar refractivity (Wildman–Crippen MR) is 164 cm³/mol. The summed E-state index contributed by atoms with van der Waals surface area (Å²) in [7, 11) is 0. The molecular formula is C35H69FO. The van der Waals surface area contributed by atoms with Crippen molar-refractivity contribution in [1.82, 2.24) is 0 Å². The quantitative estimate of drug-likeness (QED) is 0.0780. The molecule has 2 heteroatoms. The zero-order chi connectivity index (χ0) is 26.9. The average Bonchev–Trinajstić information content (AvgIpc) is 2.90. The van der Waals surface area contributed by atoms with Crippen LogP contribution in [0.3, 0.4) is 0 Å². The van der Waals surface area contributed by atoms with E-state index in [-0.39, 0.29) is 6.67 Å². The lowest BCUT2D eigenvalue weighted by Crippen LogP contribution is -1.97. The van der Waals surface area contributed by atoms with E-state index in [1.54, 1.807) is 0 Å². The highest BCUT2D eigenvalue weighted by molar-refractivity contribution is 5.78. The second-order valence-corrected chi connectivity index (χ2v) is 12.0. The number of rotatable bonds is 33. The van der Waals surface area contributed by atoms with Crippen LogP contribution in [0.1, 0.15) is 212 Å². The van der Waals surface area contributed by atoms with Gasteiger partial charge in [-0.3, -0.25) is 9.18 Å². The molecule has 222 valence electrons. The van der Waals surface area contributed by atoms with Crippen LogP contribution < -0.4 is 0 Å². The first-order valence-electron chi connectivity index (χ1n) is 17.4. The monoisotopic (exact) mass is 525 g/mol. The highest BCUT2D eigenvalue weighted by atomic mass is 19.1. The Bertz CT molecular complexity index is 421. The molecule has 0 rings (SSSR count). The average molecular weight is 525 g/mol. The zero-order valence-electron chi connectivity index (χ0n) is 25.6. The van der Waals surface area contributed by atoms with Gasteiger partial charge in [-0.1, -0.05) is 180 Å². The molecule has 0 aliphatic rings. The van der Waals surface area contributed by atoms with Crippen LogP contribution in [0.2, 0.25) is 0 Å². The summed E-state index contributed by atoms with van der Waals surface area (Å²) in [4.78, 5) is 12.1. The van der Waals surface area contributed by atoms with Gasteiger partial charge in [-0.05, 0) is 19.3 Å². The van der Waals surface area contributed by atoms with Crippen LogP contribution in [0.15, 0.2) is 0 Å². The molecule has 0 aliphatic heterocycles. The van der Waals surface area contributed by atoms with E-state index in [1.165, 1.54) is 167 Å². The van der Waals surface area contributed by atoms with Crippen molar-refractivity contribution in [2.45, 2.75) is 212 Å². The Kier molecular flexibility index (Phi) is 33.3. The number of carbonyl (C=O) groups is 1. The number of alkyl halides is 1. The molecule has 0 aromatic rings. The Morgan fingerprint density at radius 2 is 0.568 bits per heavy atom. The van der Waals surface area contributed by atoms with Crippen LogP contribution in [-0.4, -0.2) is 12.5 Å². The summed E-state index contributed by atoms with van der Waals surface area (Å²) in [6, 6.07) is 0. The first-order valence-corrected chi connectivity index (χ1v) is 17.4. The lowest BCUT2D eigenvalue weighted by molar-refractivity contribution is -0.119. The third kappa shape index (κ3) is 33.6. The molecule has 0 atom stereocenters. The van der Waals surface area contributed by atoms with Gasteiger partial charge in [0.15, 0.2) is 0 Å².